The molecule has 8 N–H and O–H groups in total. The highest BCUT2D eigenvalue weighted by Gasteiger charge is 2.42. The number of sulfone groups is 1. The van der Waals surface area contributed by atoms with E-state index in [1.165, 1.54) is 42.1 Å². The van der Waals surface area contributed by atoms with E-state index in [4.69, 9.17) is 9.84 Å². The van der Waals surface area contributed by atoms with Gasteiger partial charge in [0, 0.05) is 30.3 Å². The minimum Gasteiger partial charge on any atom is -0.508 e. The molecular formula is C40H55N3O11S2. The maximum Gasteiger partial charge on any atom is 0.258 e. The Labute approximate surface area is 332 Å². The fraction of sp³-hybridized carbons (Fsp3) is 0.500. The number of unbranched alkanes of at least 4 members (excludes halogenated alkanes) is 2. The van der Waals surface area contributed by atoms with E-state index >= 15 is 0 Å². The highest BCUT2D eigenvalue weighted by atomic mass is 32.2. The summed E-state index contributed by atoms with van der Waals surface area (Å²) < 4.78 is 34.9. The number of amides is 2. The Morgan fingerprint density at radius 3 is 2.14 bits per heavy atom. The second-order valence-corrected chi connectivity index (χ2v) is 17.1. The van der Waals surface area contributed by atoms with Gasteiger partial charge in [0.2, 0.25) is 5.91 Å². The van der Waals surface area contributed by atoms with Gasteiger partial charge in [-0.05, 0) is 55.0 Å². The van der Waals surface area contributed by atoms with Crippen LogP contribution in [0.25, 0.3) is 0 Å². The van der Waals surface area contributed by atoms with Crippen LogP contribution >= 0.6 is 11.8 Å². The van der Waals surface area contributed by atoms with Gasteiger partial charge in [-0.25, -0.2) is 8.42 Å². The van der Waals surface area contributed by atoms with E-state index in [-0.39, 0.29) is 27.7 Å². The number of benzene rings is 3. The predicted molar refractivity (Wildman–Crippen MR) is 214 cm³/mol. The Hall–Kier alpha value is -3.90. The zero-order chi connectivity index (χ0) is 41.0. The molecule has 1 aliphatic rings. The summed E-state index contributed by atoms with van der Waals surface area (Å²) in [5.74, 6) is -1.55. The normalized spacial score (nSPS) is 17.4. The molecule has 5 unspecified atom stereocenters. The van der Waals surface area contributed by atoms with Crippen LogP contribution < -0.4 is 20.3 Å². The summed E-state index contributed by atoms with van der Waals surface area (Å²) in [7, 11) is -3.86. The summed E-state index contributed by atoms with van der Waals surface area (Å²) in [5.41, 5.74) is 1.14. The quantitative estimate of drug-likeness (QED) is 0.0768. The van der Waals surface area contributed by atoms with Crippen molar-refractivity contribution in [1.29, 1.82) is 0 Å². The van der Waals surface area contributed by atoms with Crippen molar-refractivity contribution < 1.29 is 53.4 Å². The lowest BCUT2D eigenvalue weighted by Gasteiger charge is -2.37. The fourth-order valence-corrected chi connectivity index (χ4v) is 9.55. The summed E-state index contributed by atoms with van der Waals surface area (Å²) in [6.45, 7) is 2.63. The van der Waals surface area contributed by atoms with Crippen LogP contribution in [0.5, 0.6) is 11.5 Å². The number of aromatic hydroxyl groups is 1. The summed E-state index contributed by atoms with van der Waals surface area (Å²) in [4.78, 5) is 29.6. The number of hydrogen-bond donors (Lipinski definition) is 8. The van der Waals surface area contributed by atoms with Crippen molar-refractivity contribution in [3.63, 3.8) is 0 Å². The molecule has 3 aromatic carbocycles. The van der Waals surface area contributed by atoms with Gasteiger partial charge < -0.3 is 50.9 Å². The molecule has 14 nitrogen and oxygen atoms in total. The number of thioether (sulfide) groups is 1. The molecule has 0 aromatic heterocycles. The summed E-state index contributed by atoms with van der Waals surface area (Å²) in [5, 5.41) is 63.9. The van der Waals surface area contributed by atoms with Gasteiger partial charge in [0.15, 0.2) is 16.4 Å². The van der Waals surface area contributed by atoms with Gasteiger partial charge in [-0.3, -0.25) is 9.59 Å². The number of hydrogen-bond acceptors (Lipinski definition) is 13. The molecule has 0 spiro atoms. The minimum atomic E-state index is -3.86. The SMILES string of the molecule is CCCCC1(CCCC)CN(c2ccccc2)c2cc(SC)c(OCC(=O)NC(C(=O)NCC(O)C(O)C(O)C(O)CO)c3ccc(O)cc3)cc2S(=O)(=O)C1. The van der Waals surface area contributed by atoms with E-state index < -0.39 is 77.3 Å². The van der Waals surface area contributed by atoms with Crippen molar-refractivity contribution in [3.8, 4) is 11.5 Å². The Bertz CT molecular complexity index is 1840. The first-order valence-electron chi connectivity index (χ1n) is 18.8. The monoisotopic (exact) mass is 817 g/mol. The molecule has 308 valence electrons. The van der Waals surface area contributed by atoms with Crippen molar-refractivity contribution in [2.45, 2.75) is 92.6 Å². The number of phenolic OH excluding ortho intramolecular Hbond substituents is 1. The zero-order valence-electron chi connectivity index (χ0n) is 32.0. The molecule has 2 amide bonds. The topological polar surface area (TPSA) is 226 Å². The highest BCUT2D eigenvalue weighted by molar-refractivity contribution is 7.98. The van der Waals surface area contributed by atoms with Crippen molar-refractivity contribution >= 4 is 44.8 Å². The van der Waals surface area contributed by atoms with E-state index in [1.54, 1.807) is 6.07 Å². The summed E-state index contributed by atoms with van der Waals surface area (Å²) in [6, 6.07) is 17.0. The molecule has 16 heteroatoms. The van der Waals surface area contributed by atoms with Crippen molar-refractivity contribution in [3.05, 3.63) is 72.3 Å². The van der Waals surface area contributed by atoms with Crippen LogP contribution in [0.15, 0.2) is 76.5 Å². The van der Waals surface area contributed by atoms with Gasteiger partial charge in [0.25, 0.3) is 5.91 Å². The largest absolute Gasteiger partial charge is 0.508 e. The standard InChI is InChI=1S/C40H55N3O11S2/c1-4-6-17-40(18-7-5-2)24-43(27-11-9-8-10-12-27)29-19-33(55-3)32(20-34(29)56(52,53)25-40)54-23-35(48)42-36(26-13-15-28(45)16-14-26)39(51)41-21-30(46)37(49)38(50)31(47)22-44/h8-16,19-20,30-31,36-38,44-47,49-50H,4-7,17-18,21-25H2,1-3H3,(H,41,51)(H,42,48). The number of nitrogens with one attached hydrogen (secondary N) is 2. The Morgan fingerprint density at radius 1 is 0.929 bits per heavy atom. The lowest BCUT2D eigenvalue weighted by Crippen LogP contribution is -2.51. The third-order valence-electron chi connectivity index (χ3n) is 10.0. The molecule has 0 aliphatic carbocycles. The third kappa shape index (κ3) is 11.4. The van der Waals surface area contributed by atoms with Crippen LogP contribution in [0, 0.1) is 5.41 Å². The second-order valence-electron chi connectivity index (χ2n) is 14.3. The number of phenols is 1. The molecule has 5 atom stereocenters. The fourth-order valence-electron chi connectivity index (χ4n) is 6.88. The van der Waals surface area contributed by atoms with Crippen molar-refractivity contribution in [2.75, 3.05) is 43.2 Å². The minimum absolute atomic E-state index is 0.0367. The van der Waals surface area contributed by atoms with E-state index in [0.29, 0.717) is 17.1 Å². The van der Waals surface area contributed by atoms with Crippen LogP contribution in [-0.2, 0) is 19.4 Å². The predicted octanol–water partition coefficient (Wildman–Crippen LogP) is 3.19. The van der Waals surface area contributed by atoms with Crippen LogP contribution in [-0.4, -0.2) is 114 Å². The number of fused-ring (bicyclic) bond motifs is 1. The van der Waals surface area contributed by atoms with Crippen LogP contribution in [0.3, 0.4) is 0 Å². The molecule has 1 aliphatic heterocycles. The van der Waals surface area contributed by atoms with E-state index in [0.717, 1.165) is 44.2 Å². The summed E-state index contributed by atoms with van der Waals surface area (Å²) >= 11 is 1.33. The molecule has 0 saturated carbocycles. The van der Waals surface area contributed by atoms with E-state index in [9.17, 15) is 43.5 Å². The van der Waals surface area contributed by atoms with Gasteiger partial charge in [-0.2, -0.15) is 0 Å². The average molecular weight is 818 g/mol. The van der Waals surface area contributed by atoms with E-state index in [1.807, 2.05) is 36.6 Å². The molecule has 0 fully saturated rings. The lowest BCUT2D eigenvalue weighted by atomic mass is 9.79. The number of aliphatic hydroxyl groups is 5. The van der Waals surface area contributed by atoms with Crippen molar-refractivity contribution in [2.24, 2.45) is 5.41 Å². The number of carbonyl (C=O) groups excluding carboxylic acids is 2. The number of carbonyl (C=O) groups is 2. The number of ether oxygens (including phenoxy) is 1. The third-order valence-corrected chi connectivity index (χ3v) is 12.8. The second kappa shape index (κ2) is 20.5. The highest BCUT2D eigenvalue weighted by Crippen LogP contribution is 2.47. The molecule has 3 aromatic rings. The zero-order valence-corrected chi connectivity index (χ0v) is 33.6. The number of aliphatic hydroxyl groups excluding tert-OH is 5. The molecular weight excluding hydrogens is 763 g/mol. The van der Waals surface area contributed by atoms with Gasteiger partial charge >= 0.3 is 0 Å². The molecule has 1 heterocycles. The average Bonchev–Trinajstić information content (AvgIpc) is 3.29. The first kappa shape index (κ1) is 44.8. The first-order chi connectivity index (χ1) is 26.7. The Balaban J connectivity index is 1.62. The molecule has 4 rings (SSSR count). The van der Waals surface area contributed by atoms with Gasteiger partial charge in [-0.15, -0.1) is 11.8 Å². The smallest absolute Gasteiger partial charge is 0.258 e. The lowest BCUT2D eigenvalue weighted by molar-refractivity contribution is -0.132. The van der Waals surface area contributed by atoms with Crippen LogP contribution in [0.4, 0.5) is 11.4 Å². The van der Waals surface area contributed by atoms with Gasteiger partial charge in [0.1, 0.15) is 35.9 Å². The maximum absolute atomic E-state index is 14.4. The number of rotatable bonds is 20. The van der Waals surface area contributed by atoms with Crippen LogP contribution in [0.1, 0.15) is 64.0 Å². The molecule has 0 saturated heterocycles. The van der Waals surface area contributed by atoms with Gasteiger partial charge in [-0.1, -0.05) is 69.9 Å². The van der Waals surface area contributed by atoms with E-state index in [2.05, 4.69) is 29.4 Å². The number of anilines is 2. The Morgan fingerprint density at radius 2 is 1.55 bits per heavy atom. The Kier molecular flexibility index (Phi) is 16.4. The van der Waals surface area contributed by atoms with Crippen LogP contribution in [0.2, 0.25) is 0 Å². The van der Waals surface area contributed by atoms with Crippen molar-refractivity contribution in [1.82, 2.24) is 10.6 Å². The summed E-state index contributed by atoms with van der Waals surface area (Å²) in [6.07, 6.45) is -0.352. The number of nitrogens with zero attached hydrogens (tertiary/aromatic N) is 1. The first-order valence-corrected chi connectivity index (χ1v) is 21.7. The maximum atomic E-state index is 14.4. The van der Waals surface area contributed by atoms with Gasteiger partial charge in [0.05, 0.1) is 33.9 Å². The molecule has 0 bridgehead atoms. The number of para-hydroxylation sites is 1. The molecule has 0 radical (unpaired) electrons. The molecule has 56 heavy (non-hydrogen) atoms.